The van der Waals surface area contributed by atoms with Crippen molar-refractivity contribution < 1.29 is 14.3 Å². The standard InChI is InChI=1S/C22H26N2O3/c1-21(2,3)27-20(25)24-18-10-16(11-19(24)13-26-12-18)15-4-6-17(7-5-15)22(14-23)8-9-22/h4-7,10,18-19H,8-9,11-13H2,1-3H3. The molecule has 2 bridgehead atoms. The fourth-order valence-corrected chi connectivity index (χ4v) is 4.00. The maximum atomic E-state index is 12.7. The van der Waals surface area contributed by atoms with Gasteiger partial charge in [0.1, 0.15) is 5.60 Å². The molecule has 0 aromatic heterocycles. The number of fused-ring (bicyclic) bond motifs is 2. The lowest BCUT2D eigenvalue weighted by Gasteiger charge is -2.44. The van der Waals surface area contributed by atoms with Crippen LogP contribution in [0.5, 0.6) is 0 Å². The molecule has 2 aliphatic heterocycles. The molecular formula is C22H26N2O3. The van der Waals surface area contributed by atoms with Crippen LogP contribution in [-0.4, -0.2) is 41.9 Å². The highest BCUT2D eigenvalue weighted by Crippen LogP contribution is 2.47. The van der Waals surface area contributed by atoms with E-state index in [2.05, 4.69) is 36.4 Å². The van der Waals surface area contributed by atoms with Crippen LogP contribution in [0, 0.1) is 11.3 Å². The zero-order valence-electron chi connectivity index (χ0n) is 16.2. The second-order valence-electron chi connectivity index (χ2n) is 8.81. The minimum absolute atomic E-state index is 0.00726. The molecule has 0 radical (unpaired) electrons. The zero-order valence-corrected chi connectivity index (χ0v) is 16.2. The molecule has 142 valence electrons. The van der Waals surface area contributed by atoms with Gasteiger partial charge in [-0.25, -0.2) is 4.79 Å². The van der Waals surface area contributed by atoms with Crippen molar-refractivity contribution in [2.75, 3.05) is 13.2 Å². The van der Waals surface area contributed by atoms with Gasteiger partial charge < -0.3 is 9.47 Å². The average molecular weight is 366 g/mol. The number of hydrogen-bond acceptors (Lipinski definition) is 4. The summed E-state index contributed by atoms with van der Waals surface area (Å²) in [6.07, 6.45) is 4.52. The Labute approximate surface area is 160 Å². The summed E-state index contributed by atoms with van der Waals surface area (Å²) in [7, 11) is 0. The summed E-state index contributed by atoms with van der Waals surface area (Å²) in [4.78, 5) is 14.5. The van der Waals surface area contributed by atoms with E-state index in [4.69, 9.17) is 9.47 Å². The number of nitriles is 1. The van der Waals surface area contributed by atoms with Gasteiger partial charge in [-0.1, -0.05) is 30.3 Å². The minimum atomic E-state index is -0.508. The average Bonchev–Trinajstić information content (AvgIpc) is 3.40. The van der Waals surface area contributed by atoms with Gasteiger partial charge in [0.15, 0.2) is 0 Å². The number of nitrogens with zero attached hydrogens (tertiary/aromatic N) is 2. The van der Waals surface area contributed by atoms with Crippen LogP contribution in [0.2, 0.25) is 0 Å². The van der Waals surface area contributed by atoms with Gasteiger partial charge in [-0.3, -0.25) is 4.90 Å². The number of hydrogen-bond donors (Lipinski definition) is 0. The first-order valence-corrected chi connectivity index (χ1v) is 9.63. The van der Waals surface area contributed by atoms with E-state index in [-0.39, 0.29) is 23.6 Å². The van der Waals surface area contributed by atoms with Crippen molar-refractivity contribution >= 4 is 11.7 Å². The third kappa shape index (κ3) is 3.46. The normalized spacial score (nSPS) is 26.0. The van der Waals surface area contributed by atoms with Crippen LogP contribution in [0.1, 0.15) is 51.2 Å². The SMILES string of the molecule is CC(C)(C)OC(=O)N1C2C=C(c3ccc(C4(C#N)CC4)cc3)CC1COC2. The van der Waals surface area contributed by atoms with Crippen molar-refractivity contribution in [2.45, 2.75) is 63.1 Å². The third-order valence-electron chi connectivity index (χ3n) is 5.58. The van der Waals surface area contributed by atoms with Crippen LogP contribution < -0.4 is 0 Å². The van der Waals surface area contributed by atoms with Crippen molar-refractivity contribution in [1.29, 1.82) is 5.26 Å². The molecule has 1 aromatic carbocycles. The zero-order chi connectivity index (χ0) is 19.2. The van der Waals surface area contributed by atoms with Crippen molar-refractivity contribution in [2.24, 2.45) is 0 Å². The summed E-state index contributed by atoms with van der Waals surface area (Å²) in [6.45, 7) is 6.69. The van der Waals surface area contributed by atoms with Gasteiger partial charge in [-0.05, 0) is 56.7 Å². The first-order valence-electron chi connectivity index (χ1n) is 9.63. The van der Waals surface area contributed by atoms with Crippen LogP contribution in [0.3, 0.4) is 0 Å². The summed E-state index contributed by atoms with van der Waals surface area (Å²) in [5.74, 6) is 0. The predicted molar refractivity (Wildman–Crippen MR) is 102 cm³/mol. The van der Waals surface area contributed by atoms with Gasteiger partial charge in [0.25, 0.3) is 0 Å². The van der Waals surface area contributed by atoms with Crippen LogP contribution in [-0.2, 0) is 14.9 Å². The third-order valence-corrected chi connectivity index (χ3v) is 5.58. The molecular weight excluding hydrogens is 340 g/mol. The molecule has 1 aliphatic carbocycles. The monoisotopic (exact) mass is 366 g/mol. The van der Waals surface area contributed by atoms with Gasteiger partial charge in [-0.15, -0.1) is 0 Å². The second-order valence-corrected chi connectivity index (χ2v) is 8.81. The number of carbonyl (C=O) groups is 1. The fourth-order valence-electron chi connectivity index (χ4n) is 4.00. The van der Waals surface area contributed by atoms with Gasteiger partial charge in [-0.2, -0.15) is 5.26 Å². The lowest BCUT2D eigenvalue weighted by Crippen LogP contribution is -2.57. The van der Waals surface area contributed by atoms with Crippen molar-refractivity contribution in [3.8, 4) is 6.07 Å². The van der Waals surface area contributed by atoms with Crippen molar-refractivity contribution in [3.05, 3.63) is 41.5 Å². The maximum Gasteiger partial charge on any atom is 0.411 e. The molecule has 0 N–H and O–H groups in total. The molecule has 2 heterocycles. The molecule has 1 aromatic rings. The highest BCUT2D eigenvalue weighted by Gasteiger charge is 2.45. The quantitative estimate of drug-likeness (QED) is 0.793. The Bertz CT molecular complexity index is 809. The van der Waals surface area contributed by atoms with E-state index in [1.807, 2.05) is 25.7 Å². The van der Waals surface area contributed by atoms with Gasteiger partial charge >= 0.3 is 6.09 Å². The maximum absolute atomic E-state index is 12.7. The van der Waals surface area contributed by atoms with Crippen LogP contribution in [0.15, 0.2) is 30.3 Å². The topological polar surface area (TPSA) is 62.6 Å². The molecule has 5 heteroatoms. The number of carbonyl (C=O) groups excluding carboxylic acids is 1. The molecule has 3 aliphatic rings. The highest BCUT2D eigenvalue weighted by molar-refractivity contribution is 5.75. The number of rotatable bonds is 2. The molecule has 2 fully saturated rings. The van der Waals surface area contributed by atoms with Crippen LogP contribution in [0.25, 0.3) is 5.57 Å². The van der Waals surface area contributed by atoms with Crippen LogP contribution >= 0.6 is 0 Å². The number of ether oxygens (including phenoxy) is 2. The Morgan fingerprint density at radius 2 is 1.96 bits per heavy atom. The van der Waals surface area contributed by atoms with E-state index < -0.39 is 5.60 Å². The van der Waals surface area contributed by atoms with E-state index in [1.54, 1.807) is 0 Å². The Kier molecular flexibility index (Phi) is 4.27. The largest absolute Gasteiger partial charge is 0.444 e. The van der Waals surface area contributed by atoms with E-state index in [0.717, 1.165) is 30.4 Å². The molecule has 0 spiro atoms. The second kappa shape index (κ2) is 6.38. The lowest BCUT2D eigenvalue weighted by atomic mass is 9.88. The summed E-state index contributed by atoms with van der Waals surface area (Å²) in [6, 6.07) is 10.7. The summed E-state index contributed by atoms with van der Waals surface area (Å²) < 4.78 is 11.3. The van der Waals surface area contributed by atoms with E-state index >= 15 is 0 Å². The number of benzene rings is 1. The summed E-state index contributed by atoms with van der Waals surface area (Å²) in [5.41, 5.74) is 2.75. The van der Waals surface area contributed by atoms with Gasteiger partial charge in [0.05, 0.1) is 36.8 Å². The van der Waals surface area contributed by atoms with Gasteiger partial charge in [0, 0.05) is 0 Å². The fraction of sp³-hybridized carbons (Fsp3) is 0.545. The first kappa shape index (κ1) is 18.1. The minimum Gasteiger partial charge on any atom is -0.444 e. The molecule has 27 heavy (non-hydrogen) atoms. The van der Waals surface area contributed by atoms with E-state index in [1.165, 1.54) is 5.57 Å². The Morgan fingerprint density at radius 1 is 1.26 bits per heavy atom. The van der Waals surface area contributed by atoms with E-state index in [0.29, 0.717) is 13.2 Å². The Hall–Kier alpha value is -2.32. The van der Waals surface area contributed by atoms with Crippen molar-refractivity contribution in [3.63, 3.8) is 0 Å². The van der Waals surface area contributed by atoms with Crippen molar-refractivity contribution in [1.82, 2.24) is 4.90 Å². The highest BCUT2D eigenvalue weighted by atomic mass is 16.6. The Balaban J connectivity index is 1.56. The Morgan fingerprint density at radius 3 is 2.52 bits per heavy atom. The summed E-state index contributed by atoms with van der Waals surface area (Å²) in [5, 5.41) is 9.37. The molecule has 5 nitrogen and oxygen atoms in total. The van der Waals surface area contributed by atoms with Gasteiger partial charge in [0.2, 0.25) is 0 Å². The molecule has 2 atom stereocenters. The number of amides is 1. The molecule has 1 saturated heterocycles. The number of morpholine rings is 1. The smallest absolute Gasteiger partial charge is 0.411 e. The molecule has 1 amide bonds. The molecule has 2 unspecified atom stereocenters. The lowest BCUT2D eigenvalue weighted by molar-refractivity contribution is -0.0510. The molecule has 1 saturated carbocycles. The van der Waals surface area contributed by atoms with Crippen LogP contribution in [0.4, 0.5) is 4.79 Å². The van der Waals surface area contributed by atoms with E-state index in [9.17, 15) is 10.1 Å². The first-order chi connectivity index (χ1) is 12.8. The summed E-state index contributed by atoms with van der Waals surface area (Å²) >= 11 is 0. The molecule has 4 rings (SSSR count). The predicted octanol–water partition coefficient (Wildman–Crippen LogP) is 4.03.